The molecular weight excluding hydrogens is 228 g/mol. The Kier molecular flexibility index (Phi) is 4.61. The number of nitrogens with one attached hydrogen (secondary N) is 1. The Morgan fingerprint density at radius 3 is 2.44 bits per heavy atom. The van der Waals surface area contributed by atoms with Crippen LogP contribution in [0.3, 0.4) is 0 Å². The normalized spacial score (nSPS) is 12.2. The molecule has 0 aliphatic carbocycles. The number of rotatable bonds is 4. The first-order valence-corrected chi connectivity index (χ1v) is 5.69. The summed E-state index contributed by atoms with van der Waals surface area (Å²) < 4.78 is 0. The molecule has 0 fully saturated rings. The van der Waals surface area contributed by atoms with Crippen molar-refractivity contribution in [1.29, 1.82) is 0 Å². The van der Waals surface area contributed by atoms with Crippen molar-refractivity contribution in [2.24, 2.45) is 0 Å². The van der Waals surface area contributed by atoms with E-state index in [2.05, 4.69) is 20.5 Å². The van der Waals surface area contributed by atoms with Crippen molar-refractivity contribution >= 4 is 23.5 Å². The van der Waals surface area contributed by atoms with Crippen LogP contribution >= 0.6 is 11.6 Å². The molecule has 1 N–H and O–H groups in total. The molecule has 0 bridgehead atoms. The summed E-state index contributed by atoms with van der Waals surface area (Å²) in [6, 6.07) is 0. The van der Waals surface area contributed by atoms with E-state index in [1.807, 2.05) is 13.8 Å². The van der Waals surface area contributed by atoms with Crippen molar-refractivity contribution in [3.05, 3.63) is 11.4 Å². The highest BCUT2D eigenvalue weighted by Crippen LogP contribution is 2.07. The summed E-state index contributed by atoms with van der Waals surface area (Å²) in [4.78, 5) is 15.5. The van der Waals surface area contributed by atoms with E-state index in [9.17, 15) is 4.79 Å². The Balaban J connectivity index is 2.87. The minimum atomic E-state index is -0.612. The van der Waals surface area contributed by atoms with Crippen LogP contribution in [0.2, 0.25) is 0 Å². The van der Waals surface area contributed by atoms with E-state index in [0.717, 1.165) is 24.2 Å². The van der Waals surface area contributed by atoms with Gasteiger partial charge in [-0.05, 0) is 19.8 Å². The van der Waals surface area contributed by atoms with Gasteiger partial charge >= 0.3 is 0 Å². The van der Waals surface area contributed by atoms with E-state index in [0.29, 0.717) is 0 Å². The highest BCUT2D eigenvalue weighted by Gasteiger charge is 2.12. The molecule has 1 heterocycles. The van der Waals surface area contributed by atoms with Gasteiger partial charge in [0.1, 0.15) is 5.38 Å². The van der Waals surface area contributed by atoms with Crippen LogP contribution in [0, 0.1) is 0 Å². The van der Waals surface area contributed by atoms with Crippen molar-refractivity contribution in [2.45, 2.75) is 39.0 Å². The van der Waals surface area contributed by atoms with E-state index in [1.165, 1.54) is 0 Å². The first-order valence-electron chi connectivity index (χ1n) is 5.25. The Hall–Kier alpha value is -1.23. The minimum absolute atomic E-state index is 0.214. The average molecular weight is 243 g/mol. The van der Waals surface area contributed by atoms with Crippen molar-refractivity contribution in [1.82, 2.24) is 15.2 Å². The van der Waals surface area contributed by atoms with Gasteiger partial charge in [-0.3, -0.25) is 10.1 Å². The topological polar surface area (TPSA) is 67.8 Å². The molecule has 1 atom stereocenters. The smallest absolute Gasteiger partial charge is 0.249 e. The fourth-order valence-corrected chi connectivity index (χ4v) is 1.26. The van der Waals surface area contributed by atoms with Crippen LogP contribution in [0.15, 0.2) is 0 Å². The molecule has 0 aliphatic heterocycles. The molecule has 0 radical (unpaired) electrons. The van der Waals surface area contributed by atoms with Gasteiger partial charge in [0.05, 0.1) is 11.4 Å². The van der Waals surface area contributed by atoms with Crippen LogP contribution in [0.5, 0.6) is 0 Å². The van der Waals surface area contributed by atoms with Gasteiger partial charge in [-0.15, -0.1) is 21.8 Å². The molecule has 16 heavy (non-hydrogen) atoms. The number of aryl methyl sites for hydroxylation is 2. The standard InChI is InChI=1S/C10H15ClN4O/c1-4-7-8(5-2)14-15-10(12-7)13-9(16)6(3)11/h6H,4-5H2,1-3H3,(H,12,13,15,16). The lowest BCUT2D eigenvalue weighted by Crippen LogP contribution is -2.22. The highest BCUT2D eigenvalue weighted by molar-refractivity contribution is 6.32. The second kappa shape index (κ2) is 5.75. The molecular formula is C10H15ClN4O. The number of nitrogens with zero attached hydrogens (tertiary/aromatic N) is 3. The maximum absolute atomic E-state index is 11.3. The van der Waals surface area contributed by atoms with E-state index >= 15 is 0 Å². The minimum Gasteiger partial charge on any atom is -0.292 e. The van der Waals surface area contributed by atoms with Gasteiger partial charge in [-0.2, -0.15) is 0 Å². The molecule has 0 spiro atoms. The third-order valence-corrected chi connectivity index (χ3v) is 2.30. The van der Waals surface area contributed by atoms with Gasteiger partial charge in [-0.25, -0.2) is 4.98 Å². The summed E-state index contributed by atoms with van der Waals surface area (Å²) in [5.74, 6) is -0.110. The largest absolute Gasteiger partial charge is 0.292 e. The molecule has 1 unspecified atom stereocenters. The Labute approximate surface area is 99.6 Å². The molecule has 88 valence electrons. The van der Waals surface area contributed by atoms with Gasteiger partial charge < -0.3 is 0 Å². The molecule has 0 saturated heterocycles. The summed E-state index contributed by atoms with van der Waals surface area (Å²) in [5.41, 5.74) is 1.72. The van der Waals surface area contributed by atoms with Crippen LogP contribution in [0.1, 0.15) is 32.2 Å². The monoisotopic (exact) mass is 242 g/mol. The van der Waals surface area contributed by atoms with Crippen molar-refractivity contribution in [3.8, 4) is 0 Å². The zero-order valence-electron chi connectivity index (χ0n) is 9.62. The van der Waals surface area contributed by atoms with Crippen molar-refractivity contribution < 1.29 is 4.79 Å². The number of aromatic nitrogens is 3. The van der Waals surface area contributed by atoms with Gasteiger partial charge in [0, 0.05) is 0 Å². The maximum Gasteiger partial charge on any atom is 0.249 e. The van der Waals surface area contributed by atoms with Gasteiger partial charge in [0.15, 0.2) is 0 Å². The summed E-state index contributed by atoms with van der Waals surface area (Å²) in [6.45, 7) is 5.56. The quantitative estimate of drug-likeness (QED) is 0.814. The van der Waals surface area contributed by atoms with Crippen LogP contribution in [0.25, 0.3) is 0 Å². The van der Waals surface area contributed by atoms with Crippen LogP contribution < -0.4 is 5.32 Å². The fourth-order valence-electron chi connectivity index (χ4n) is 1.20. The molecule has 0 aliphatic rings. The van der Waals surface area contributed by atoms with Gasteiger partial charge in [-0.1, -0.05) is 13.8 Å². The van der Waals surface area contributed by atoms with Crippen molar-refractivity contribution in [2.75, 3.05) is 5.32 Å². The first kappa shape index (κ1) is 12.8. The number of carbonyl (C=O) groups is 1. The zero-order chi connectivity index (χ0) is 12.1. The van der Waals surface area contributed by atoms with Gasteiger partial charge in [0.25, 0.3) is 0 Å². The molecule has 0 saturated carbocycles. The average Bonchev–Trinajstić information content (AvgIpc) is 2.28. The molecule has 1 rings (SSSR count). The number of alkyl halides is 1. The van der Waals surface area contributed by atoms with E-state index in [1.54, 1.807) is 6.92 Å². The molecule has 5 nitrogen and oxygen atoms in total. The molecule has 6 heteroatoms. The lowest BCUT2D eigenvalue weighted by atomic mass is 10.2. The molecule has 1 amide bonds. The fraction of sp³-hybridized carbons (Fsp3) is 0.600. The van der Waals surface area contributed by atoms with E-state index < -0.39 is 5.38 Å². The van der Waals surface area contributed by atoms with Crippen LogP contribution in [-0.2, 0) is 17.6 Å². The third kappa shape index (κ3) is 3.13. The lowest BCUT2D eigenvalue weighted by Gasteiger charge is -2.07. The second-order valence-corrected chi connectivity index (χ2v) is 4.00. The predicted octanol–water partition coefficient (Wildman–Crippen LogP) is 1.56. The summed E-state index contributed by atoms with van der Waals surface area (Å²) in [5, 5.41) is 9.74. The molecule has 1 aromatic rings. The molecule has 0 aromatic carbocycles. The van der Waals surface area contributed by atoms with E-state index in [4.69, 9.17) is 11.6 Å². The Morgan fingerprint density at radius 1 is 1.31 bits per heavy atom. The second-order valence-electron chi connectivity index (χ2n) is 3.34. The SMILES string of the molecule is CCc1nnc(NC(=O)C(C)Cl)nc1CC. The number of amides is 1. The zero-order valence-corrected chi connectivity index (χ0v) is 10.4. The first-order chi connectivity index (χ1) is 7.58. The van der Waals surface area contributed by atoms with Crippen LogP contribution in [0.4, 0.5) is 5.95 Å². The third-order valence-electron chi connectivity index (χ3n) is 2.11. The number of anilines is 1. The summed E-state index contributed by atoms with van der Waals surface area (Å²) in [7, 11) is 0. The number of halogens is 1. The number of carbonyl (C=O) groups excluding carboxylic acids is 1. The maximum atomic E-state index is 11.3. The number of hydrogen-bond donors (Lipinski definition) is 1. The van der Waals surface area contributed by atoms with Crippen LogP contribution in [-0.4, -0.2) is 26.5 Å². The Bertz CT molecular complexity index is 381. The van der Waals surface area contributed by atoms with Crippen molar-refractivity contribution in [3.63, 3.8) is 0 Å². The molecule has 1 aromatic heterocycles. The number of hydrogen-bond acceptors (Lipinski definition) is 4. The highest BCUT2D eigenvalue weighted by atomic mass is 35.5. The summed E-state index contributed by atoms with van der Waals surface area (Å²) in [6.07, 6.45) is 1.54. The predicted molar refractivity (Wildman–Crippen MR) is 62.5 cm³/mol. The lowest BCUT2D eigenvalue weighted by molar-refractivity contribution is -0.115. The Morgan fingerprint density at radius 2 is 1.94 bits per heavy atom. The summed E-state index contributed by atoms with van der Waals surface area (Å²) >= 11 is 5.62. The van der Waals surface area contributed by atoms with E-state index in [-0.39, 0.29) is 11.9 Å². The van der Waals surface area contributed by atoms with Gasteiger partial charge in [0.2, 0.25) is 11.9 Å².